The molecule has 2 aromatic rings. The van der Waals surface area contributed by atoms with Crippen LogP contribution in [0.4, 0.5) is 5.69 Å². The van der Waals surface area contributed by atoms with Gasteiger partial charge in [-0.1, -0.05) is 23.7 Å². The molecule has 0 N–H and O–H groups in total. The van der Waals surface area contributed by atoms with Gasteiger partial charge in [0.25, 0.3) is 11.7 Å². The Morgan fingerprint density at radius 1 is 1.37 bits per heavy atom. The van der Waals surface area contributed by atoms with Crippen molar-refractivity contribution in [1.82, 2.24) is 4.98 Å². The van der Waals surface area contributed by atoms with Gasteiger partial charge in [0, 0.05) is 11.1 Å². The quantitative estimate of drug-likeness (QED) is 0.800. The number of rotatable bonds is 2. The van der Waals surface area contributed by atoms with Crippen LogP contribution < -0.4 is 4.90 Å². The zero-order chi connectivity index (χ0) is 13.6. The Balaban J connectivity index is 2.04. The summed E-state index contributed by atoms with van der Waals surface area (Å²) in [6, 6.07) is 5.35. The van der Waals surface area contributed by atoms with Crippen molar-refractivity contribution in [2.45, 2.75) is 13.5 Å². The minimum Gasteiger partial charge on any atom is -0.299 e. The third kappa shape index (κ3) is 1.95. The second-order valence-corrected chi connectivity index (χ2v) is 5.97. The number of hydrogen-bond acceptors (Lipinski definition) is 4. The monoisotopic (exact) mass is 292 g/mol. The lowest BCUT2D eigenvalue weighted by Crippen LogP contribution is -2.29. The van der Waals surface area contributed by atoms with E-state index in [2.05, 4.69) is 4.98 Å². The maximum Gasteiger partial charge on any atom is 0.299 e. The highest BCUT2D eigenvalue weighted by Crippen LogP contribution is 2.34. The average molecular weight is 293 g/mol. The number of benzene rings is 1. The van der Waals surface area contributed by atoms with Crippen LogP contribution in [0.2, 0.25) is 4.47 Å². The standard InChI is InChI=1S/C13H9ClN2O2S/c1-7-3-2-4-9-10(7)16(12(18)11(9)17)6-8-5-15-13(14)19-8/h2-5H,6H2,1H3. The molecule has 0 atom stereocenters. The van der Waals surface area contributed by atoms with Crippen LogP contribution in [-0.4, -0.2) is 16.7 Å². The van der Waals surface area contributed by atoms with Crippen LogP contribution in [0.3, 0.4) is 0 Å². The minimum absolute atomic E-state index is 0.326. The van der Waals surface area contributed by atoms with Gasteiger partial charge in [0.15, 0.2) is 4.47 Å². The molecule has 1 aromatic heterocycles. The lowest BCUT2D eigenvalue weighted by Gasteiger charge is -2.17. The molecule has 0 saturated heterocycles. The molecule has 0 radical (unpaired) electrons. The predicted octanol–water partition coefficient (Wildman–Crippen LogP) is 2.83. The van der Waals surface area contributed by atoms with Gasteiger partial charge in [0.05, 0.1) is 17.8 Å². The number of amides is 1. The Labute approximate surface area is 118 Å². The number of thiazole rings is 1. The SMILES string of the molecule is Cc1cccc2c1N(Cc1cnc(Cl)s1)C(=O)C2=O. The number of aromatic nitrogens is 1. The summed E-state index contributed by atoms with van der Waals surface area (Å²) >= 11 is 7.09. The van der Waals surface area contributed by atoms with E-state index in [1.807, 2.05) is 13.0 Å². The van der Waals surface area contributed by atoms with Gasteiger partial charge >= 0.3 is 0 Å². The summed E-state index contributed by atoms with van der Waals surface area (Å²) in [4.78, 5) is 30.3. The number of anilines is 1. The molecule has 0 bridgehead atoms. The Kier molecular flexibility index (Phi) is 2.88. The molecule has 0 unspecified atom stereocenters. The van der Waals surface area contributed by atoms with Gasteiger partial charge in [-0.25, -0.2) is 4.98 Å². The molecule has 19 heavy (non-hydrogen) atoms. The van der Waals surface area contributed by atoms with Crippen LogP contribution in [0.5, 0.6) is 0 Å². The number of aryl methyl sites for hydroxylation is 1. The molecule has 1 aliphatic heterocycles. The molecule has 0 spiro atoms. The van der Waals surface area contributed by atoms with Crippen molar-refractivity contribution in [2.75, 3.05) is 4.90 Å². The molecule has 0 fully saturated rings. The number of ketones is 1. The summed E-state index contributed by atoms with van der Waals surface area (Å²) in [6.07, 6.45) is 1.63. The van der Waals surface area contributed by atoms with E-state index in [0.717, 1.165) is 10.4 Å². The maximum absolute atomic E-state index is 12.1. The molecule has 1 amide bonds. The molecule has 3 rings (SSSR count). The van der Waals surface area contributed by atoms with E-state index in [9.17, 15) is 9.59 Å². The van der Waals surface area contributed by atoms with Gasteiger partial charge in [0.1, 0.15) is 0 Å². The molecular weight excluding hydrogens is 284 g/mol. The van der Waals surface area contributed by atoms with Gasteiger partial charge in [0.2, 0.25) is 0 Å². The highest BCUT2D eigenvalue weighted by atomic mass is 35.5. The predicted molar refractivity (Wildman–Crippen MR) is 73.8 cm³/mol. The lowest BCUT2D eigenvalue weighted by molar-refractivity contribution is -0.114. The van der Waals surface area contributed by atoms with Gasteiger partial charge in [-0.3, -0.25) is 14.5 Å². The van der Waals surface area contributed by atoms with Crippen molar-refractivity contribution in [2.24, 2.45) is 0 Å². The van der Waals surface area contributed by atoms with E-state index in [4.69, 9.17) is 11.6 Å². The van der Waals surface area contributed by atoms with E-state index in [-0.39, 0.29) is 0 Å². The number of carbonyl (C=O) groups is 2. The summed E-state index contributed by atoms with van der Waals surface area (Å²) in [5, 5.41) is 0. The summed E-state index contributed by atoms with van der Waals surface area (Å²) in [6.45, 7) is 2.21. The van der Waals surface area contributed by atoms with Crippen molar-refractivity contribution in [3.63, 3.8) is 0 Å². The molecule has 6 heteroatoms. The highest BCUT2D eigenvalue weighted by Gasteiger charge is 2.36. The molecular formula is C13H9ClN2O2S. The fraction of sp³-hybridized carbons (Fsp3) is 0.154. The van der Waals surface area contributed by atoms with E-state index < -0.39 is 11.7 Å². The molecule has 1 aromatic carbocycles. The van der Waals surface area contributed by atoms with Crippen molar-refractivity contribution >= 4 is 40.3 Å². The third-order valence-electron chi connectivity index (χ3n) is 3.03. The summed E-state index contributed by atoms with van der Waals surface area (Å²) in [5.74, 6) is -0.942. The average Bonchev–Trinajstić information content (AvgIpc) is 2.89. The zero-order valence-electron chi connectivity index (χ0n) is 10.0. The molecule has 4 nitrogen and oxygen atoms in total. The summed E-state index contributed by atoms with van der Waals surface area (Å²) in [7, 11) is 0. The fourth-order valence-electron chi connectivity index (χ4n) is 2.20. The van der Waals surface area contributed by atoms with Crippen molar-refractivity contribution in [1.29, 1.82) is 0 Å². The first kappa shape index (κ1) is 12.3. The van der Waals surface area contributed by atoms with E-state index in [1.54, 1.807) is 18.3 Å². The number of para-hydroxylation sites is 1. The minimum atomic E-state index is -0.492. The molecule has 0 saturated carbocycles. The highest BCUT2D eigenvalue weighted by molar-refractivity contribution is 7.15. The van der Waals surface area contributed by atoms with Crippen LogP contribution in [0.1, 0.15) is 20.8 Å². The van der Waals surface area contributed by atoms with Crippen LogP contribution in [0, 0.1) is 6.92 Å². The van der Waals surface area contributed by atoms with Crippen LogP contribution in [0.25, 0.3) is 0 Å². The van der Waals surface area contributed by atoms with Gasteiger partial charge in [-0.2, -0.15) is 0 Å². The number of halogens is 1. The number of carbonyl (C=O) groups excluding carboxylic acids is 2. The zero-order valence-corrected chi connectivity index (χ0v) is 11.6. The second-order valence-electron chi connectivity index (χ2n) is 4.27. The number of hydrogen-bond donors (Lipinski definition) is 0. The maximum atomic E-state index is 12.1. The Hall–Kier alpha value is -1.72. The van der Waals surface area contributed by atoms with Crippen LogP contribution >= 0.6 is 22.9 Å². The van der Waals surface area contributed by atoms with Gasteiger partial charge in [-0.15, -0.1) is 11.3 Å². The van der Waals surface area contributed by atoms with E-state index in [1.165, 1.54) is 16.2 Å². The number of fused-ring (bicyclic) bond motifs is 1. The molecule has 96 valence electrons. The third-order valence-corrected chi connectivity index (χ3v) is 4.13. The number of Topliss-reactive ketones (excluding diaryl/α,β-unsaturated/α-hetero) is 1. The van der Waals surface area contributed by atoms with Crippen molar-refractivity contribution in [3.05, 3.63) is 44.9 Å². The van der Waals surface area contributed by atoms with Gasteiger partial charge < -0.3 is 0 Å². The van der Waals surface area contributed by atoms with Crippen LogP contribution in [-0.2, 0) is 11.3 Å². The largest absolute Gasteiger partial charge is 0.299 e. The van der Waals surface area contributed by atoms with E-state index in [0.29, 0.717) is 22.3 Å². The summed E-state index contributed by atoms with van der Waals surface area (Å²) < 4.78 is 0.429. The smallest absolute Gasteiger partial charge is 0.299 e. The first-order valence-corrected chi connectivity index (χ1v) is 6.83. The molecule has 2 heterocycles. The Bertz CT molecular complexity index is 696. The van der Waals surface area contributed by atoms with Crippen molar-refractivity contribution in [3.8, 4) is 0 Å². The van der Waals surface area contributed by atoms with Gasteiger partial charge in [-0.05, 0) is 18.6 Å². The lowest BCUT2D eigenvalue weighted by atomic mass is 10.1. The first-order chi connectivity index (χ1) is 9.08. The number of nitrogens with zero attached hydrogens (tertiary/aromatic N) is 2. The summed E-state index contributed by atoms with van der Waals surface area (Å²) in [5.41, 5.74) is 2.08. The fourth-order valence-corrected chi connectivity index (χ4v) is 3.17. The van der Waals surface area contributed by atoms with Crippen LogP contribution in [0.15, 0.2) is 24.4 Å². The topological polar surface area (TPSA) is 50.3 Å². The first-order valence-electron chi connectivity index (χ1n) is 5.64. The second kappa shape index (κ2) is 4.43. The Morgan fingerprint density at radius 2 is 2.16 bits per heavy atom. The molecule has 1 aliphatic rings. The molecule has 0 aliphatic carbocycles. The normalized spacial score (nSPS) is 14.1. The van der Waals surface area contributed by atoms with E-state index >= 15 is 0 Å². The Morgan fingerprint density at radius 3 is 2.84 bits per heavy atom. The van der Waals surface area contributed by atoms with Crippen molar-refractivity contribution < 1.29 is 9.59 Å².